The third kappa shape index (κ3) is 6.26. The maximum atomic E-state index is 13.7. The quantitative estimate of drug-likeness (QED) is 0.473. The number of nitrogens with one attached hydrogen (secondary N) is 1. The molecule has 1 amide bonds. The van der Waals surface area contributed by atoms with Gasteiger partial charge in [0.25, 0.3) is 5.91 Å². The van der Waals surface area contributed by atoms with Crippen molar-refractivity contribution in [2.75, 3.05) is 31.1 Å². The largest absolute Gasteiger partial charge is 0.348 e. The van der Waals surface area contributed by atoms with Crippen molar-refractivity contribution >= 4 is 27.3 Å². The molecule has 1 aliphatic heterocycles. The van der Waals surface area contributed by atoms with E-state index in [0.717, 1.165) is 6.42 Å². The number of aryl methyl sites for hydroxylation is 1. The highest BCUT2D eigenvalue weighted by atomic mass is 35.5. The number of rotatable bonds is 8. The lowest BCUT2D eigenvalue weighted by Crippen LogP contribution is -2.47. The van der Waals surface area contributed by atoms with Crippen LogP contribution in [0.1, 0.15) is 36.5 Å². The fourth-order valence-electron chi connectivity index (χ4n) is 4.20. The molecule has 192 valence electrons. The summed E-state index contributed by atoms with van der Waals surface area (Å²) in [6, 6.07) is 9.09. The molecule has 0 spiro atoms. The van der Waals surface area contributed by atoms with Crippen molar-refractivity contribution in [3.63, 3.8) is 0 Å². The molecule has 0 saturated carbocycles. The van der Waals surface area contributed by atoms with Crippen molar-refractivity contribution in [1.82, 2.24) is 30.4 Å². The Kier molecular flexibility index (Phi) is 8.01. The van der Waals surface area contributed by atoms with Crippen molar-refractivity contribution < 1.29 is 17.6 Å². The Hall–Kier alpha value is -2.89. The minimum absolute atomic E-state index is 0.129. The fourth-order valence-corrected chi connectivity index (χ4v) is 5.76. The Morgan fingerprint density at radius 3 is 2.64 bits per heavy atom. The van der Waals surface area contributed by atoms with Crippen LogP contribution in [0.3, 0.4) is 0 Å². The molecular weight excluding hydrogens is 507 g/mol. The van der Waals surface area contributed by atoms with Gasteiger partial charge in [-0.1, -0.05) is 18.5 Å². The molecule has 0 bridgehead atoms. The second-order valence-electron chi connectivity index (χ2n) is 8.98. The zero-order valence-corrected chi connectivity index (χ0v) is 21.7. The van der Waals surface area contributed by atoms with E-state index in [4.69, 9.17) is 11.6 Å². The van der Waals surface area contributed by atoms with Gasteiger partial charge in [-0.25, -0.2) is 12.8 Å². The minimum Gasteiger partial charge on any atom is -0.348 e. The molecule has 2 aromatic carbocycles. The summed E-state index contributed by atoms with van der Waals surface area (Å²) < 4.78 is 38.6. The molecule has 1 unspecified atom stereocenters. The highest BCUT2D eigenvalue weighted by Gasteiger charge is 2.23. The number of halogens is 2. The Bertz CT molecular complexity index is 1350. The summed E-state index contributed by atoms with van der Waals surface area (Å²) in [6.07, 6.45) is 1.49. The zero-order chi connectivity index (χ0) is 25.9. The van der Waals surface area contributed by atoms with Crippen molar-refractivity contribution in [2.24, 2.45) is 0 Å². The molecule has 2 heterocycles. The monoisotopic (exact) mass is 534 g/mol. The van der Waals surface area contributed by atoms with Gasteiger partial charge in [-0.05, 0) is 65.7 Å². The van der Waals surface area contributed by atoms with Gasteiger partial charge < -0.3 is 5.32 Å². The summed E-state index contributed by atoms with van der Waals surface area (Å²) in [6.45, 7) is 5.33. The van der Waals surface area contributed by atoms with Crippen molar-refractivity contribution in [3.8, 4) is 16.8 Å². The van der Waals surface area contributed by atoms with Gasteiger partial charge in [-0.3, -0.25) is 9.69 Å². The number of hydrogen-bond donors (Lipinski definition) is 1. The third-order valence-electron chi connectivity index (χ3n) is 6.02. The van der Waals surface area contributed by atoms with Crippen LogP contribution in [-0.2, 0) is 16.3 Å². The van der Waals surface area contributed by atoms with Gasteiger partial charge in [0.2, 0.25) is 0 Å². The molecule has 3 aromatic rings. The van der Waals surface area contributed by atoms with Crippen LogP contribution in [0.15, 0.2) is 36.4 Å². The summed E-state index contributed by atoms with van der Waals surface area (Å²) in [5, 5.41) is 15.2. The normalized spacial score (nSPS) is 16.6. The number of nitrogens with zero attached hydrogens (tertiary/aromatic N) is 5. The molecule has 1 fully saturated rings. The summed E-state index contributed by atoms with van der Waals surface area (Å²) in [5.41, 5.74) is 2.14. The molecule has 1 N–H and O–H groups in total. The van der Waals surface area contributed by atoms with Crippen LogP contribution >= 0.6 is 11.6 Å². The minimum atomic E-state index is -2.97. The lowest BCUT2D eigenvalue weighted by molar-refractivity contribution is 0.0930. The number of carbonyl (C=O) groups is 1. The van der Waals surface area contributed by atoms with Gasteiger partial charge in [-0.15, -0.1) is 5.10 Å². The van der Waals surface area contributed by atoms with Crippen LogP contribution < -0.4 is 5.32 Å². The molecule has 0 aliphatic carbocycles. The summed E-state index contributed by atoms with van der Waals surface area (Å²) >= 11 is 6.33. The molecule has 1 aromatic heterocycles. The molecule has 1 aliphatic rings. The predicted molar refractivity (Wildman–Crippen MR) is 136 cm³/mol. The van der Waals surface area contributed by atoms with Crippen molar-refractivity contribution in [3.05, 3.63) is 58.6 Å². The van der Waals surface area contributed by atoms with E-state index in [1.54, 1.807) is 22.9 Å². The van der Waals surface area contributed by atoms with Gasteiger partial charge in [0.05, 0.1) is 22.2 Å². The van der Waals surface area contributed by atoms with E-state index in [1.807, 2.05) is 24.8 Å². The molecule has 4 rings (SSSR count). The Morgan fingerprint density at radius 1 is 1.19 bits per heavy atom. The summed E-state index contributed by atoms with van der Waals surface area (Å²) in [7, 11) is -2.97. The molecule has 0 radical (unpaired) electrons. The van der Waals surface area contributed by atoms with Crippen molar-refractivity contribution in [2.45, 2.75) is 32.7 Å². The number of sulfone groups is 1. The van der Waals surface area contributed by atoms with Gasteiger partial charge in [-0.2, -0.15) is 4.68 Å². The third-order valence-corrected chi connectivity index (χ3v) is 7.94. The first-order valence-electron chi connectivity index (χ1n) is 11.8. The Balaban J connectivity index is 1.62. The van der Waals surface area contributed by atoms with Crippen LogP contribution in [0.25, 0.3) is 16.8 Å². The fraction of sp³-hybridized carbons (Fsp3) is 0.417. The second-order valence-corrected chi connectivity index (χ2v) is 11.7. The lowest BCUT2D eigenvalue weighted by atomic mass is 10.0. The number of amides is 1. The van der Waals surface area contributed by atoms with E-state index in [2.05, 4.69) is 20.8 Å². The smallest absolute Gasteiger partial charge is 0.251 e. The van der Waals surface area contributed by atoms with E-state index in [1.165, 1.54) is 12.1 Å². The molecule has 1 atom stereocenters. The van der Waals surface area contributed by atoms with Crippen LogP contribution in [0.5, 0.6) is 0 Å². The van der Waals surface area contributed by atoms with Crippen LogP contribution in [-0.4, -0.2) is 76.6 Å². The highest BCUT2D eigenvalue weighted by molar-refractivity contribution is 7.91. The van der Waals surface area contributed by atoms with Gasteiger partial charge in [0.15, 0.2) is 15.7 Å². The summed E-state index contributed by atoms with van der Waals surface area (Å²) in [4.78, 5) is 15.3. The van der Waals surface area contributed by atoms with E-state index in [-0.39, 0.29) is 28.5 Å². The van der Waals surface area contributed by atoms with E-state index in [0.29, 0.717) is 54.3 Å². The maximum Gasteiger partial charge on any atom is 0.251 e. The van der Waals surface area contributed by atoms with E-state index < -0.39 is 15.7 Å². The van der Waals surface area contributed by atoms with Gasteiger partial charge >= 0.3 is 0 Å². The SMILES string of the molecule is CCCc1nnnn1-c1cc(C(=O)NC(C)CN2CCS(=O)(=O)CC2)cc(-c2ccc(F)cc2Cl)c1. The van der Waals surface area contributed by atoms with Crippen LogP contribution in [0.4, 0.5) is 4.39 Å². The lowest BCUT2D eigenvalue weighted by Gasteiger charge is -2.29. The number of carbonyl (C=O) groups excluding carboxylic acids is 1. The van der Waals surface area contributed by atoms with Gasteiger partial charge in [0, 0.05) is 43.2 Å². The van der Waals surface area contributed by atoms with E-state index in [9.17, 15) is 17.6 Å². The Morgan fingerprint density at radius 2 is 1.94 bits per heavy atom. The number of hydrogen-bond acceptors (Lipinski definition) is 7. The first-order chi connectivity index (χ1) is 17.1. The number of tetrazole rings is 1. The summed E-state index contributed by atoms with van der Waals surface area (Å²) in [5.74, 6) is 0.147. The standard InChI is InChI=1S/C24H28ClFN6O3S/c1-3-4-23-28-29-30-32(23)20-12-17(21-6-5-19(26)14-22(21)25)11-18(13-20)24(33)27-16(2)15-31-7-9-36(34,35)10-8-31/h5-6,11-14,16H,3-4,7-10,15H2,1-2H3,(H,27,33). The van der Waals surface area contributed by atoms with Crippen molar-refractivity contribution in [1.29, 1.82) is 0 Å². The molecule has 12 heteroatoms. The first kappa shape index (κ1) is 26.2. The maximum absolute atomic E-state index is 13.7. The average Bonchev–Trinajstić information content (AvgIpc) is 3.29. The first-order valence-corrected chi connectivity index (χ1v) is 14.0. The molecule has 9 nitrogen and oxygen atoms in total. The molecule has 1 saturated heterocycles. The zero-order valence-electron chi connectivity index (χ0n) is 20.1. The second kappa shape index (κ2) is 11.0. The highest BCUT2D eigenvalue weighted by Crippen LogP contribution is 2.31. The van der Waals surface area contributed by atoms with Gasteiger partial charge in [0.1, 0.15) is 5.82 Å². The Labute approximate surface area is 214 Å². The topological polar surface area (TPSA) is 110 Å². The van der Waals surface area contributed by atoms with Crippen LogP contribution in [0.2, 0.25) is 5.02 Å². The molecular formula is C24H28ClFN6O3S. The number of benzene rings is 2. The van der Waals surface area contributed by atoms with Crippen LogP contribution in [0, 0.1) is 5.82 Å². The average molecular weight is 535 g/mol. The van der Waals surface area contributed by atoms with E-state index >= 15 is 0 Å². The number of aromatic nitrogens is 4. The molecule has 36 heavy (non-hydrogen) atoms. The predicted octanol–water partition coefficient (Wildman–Crippen LogP) is 2.92.